The van der Waals surface area contributed by atoms with Gasteiger partial charge in [-0.2, -0.15) is 0 Å². The van der Waals surface area contributed by atoms with Gasteiger partial charge in [-0.05, 0) is 18.1 Å². The zero-order valence-electron chi connectivity index (χ0n) is 11.2. The lowest BCUT2D eigenvalue weighted by Gasteiger charge is -2.13. The molecule has 3 N–H and O–H groups in total. The Balaban J connectivity index is 2.97. The summed E-state index contributed by atoms with van der Waals surface area (Å²) in [6.45, 7) is 2.59. The van der Waals surface area contributed by atoms with Gasteiger partial charge < -0.3 is 10.5 Å². The van der Waals surface area contributed by atoms with Gasteiger partial charge in [0.2, 0.25) is 10.0 Å². The molecule has 1 aromatic carbocycles. The summed E-state index contributed by atoms with van der Waals surface area (Å²) in [6, 6.07) is 4.41. The van der Waals surface area contributed by atoms with Crippen molar-refractivity contribution in [1.82, 2.24) is 4.72 Å². The third kappa shape index (κ3) is 4.68. The quantitative estimate of drug-likeness (QED) is 0.738. The van der Waals surface area contributed by atoms with Crippen molar-refractivity contribution in [3.63, 3.8) is 0 Å². The third-order valence-electron chi connectivity index (χ3n) is 2.58. The normalized spacial score (nSPS) is 13.2. The van der Waals surface area contributed by atoms with E-state index >= 15 is 0 Å². The van der Waals surface area contributed by atoms with Gasteiger partial charge in [0.1, 0.15) is 9.88 Å². The summed E-state index contributed by atoms with van der Waals surface area (Å²) in [6.07, 6.45) is 0. The van der Waals surface area contributed by atoms with Gasteiger partial charge in [0.05, 0.1) is 5.02 Å². The Morgan fingerprint density at radius 2 is 2.20 bits per heavy atom. The number of nitrogens with two attached hydrogens (primary N) is 1. The molecule has 5 nitrogen and oxygen atoms in total. The minimum atomic E-state index is -3.71. The summed E-state index contributed by atoms with van der Waals surface area (Å²) in [7, 11) is -2.15. The van der Waals surface area contributed by atoms with E-state index in [1.165, 1.54) is 12.1 Å². The zero-order chi connectivity index (χ0) is 15.3. The van der Waals surface area contributed by atoms with Crippen LogP contribution in [0, 0.1) is 5.92 Å². The molecule has 0 bridgehead atoms. The van der Waals surface area contributed by atoms with Crippen LogP contribution in [0.2, 0.25) is 5.02 Å². The summed E-state index contributed by atoms with van der Waals surface area (Å²) in [5.41, 5.74) is 5.95. The smallest absolute Gasteiger partial charge is 0.242 e. The molecule has 0 aliphatic heterocycles. The largest absolute Gasteiger partial charge is 0.389 e. The second-order valence-electron chi connectivity index (χ2n) is 4.42. The van der Waals surface area contributed by atoms with Crippen LogP contribution >= 0.6 is 23.8 Å². The van der Waals surface area contributed by atoms with E-state index < -0.39 is 10.0 Å². The van der Waals surface area contributed by atoms with Crippen LogP contribution in [0.25, 0.3) is 0 Å². The van der Waals surface area contributed by atoms with E-state index in [9.17, 15) is 8.42 Å². The fourth-order valence-corrected chi connectivity index (χ4v) is 3.35. The van der Waals surface area contributed by atoms with Crippen LogP contribution in [-0.2, 0) is 14.8 Å². The maximum atomic E-state index is 12.2. The maximum Gasteiger partial charge on any atom is 0.242 e. The van der Waals surface area contributed by atoms with Gasteiger partial charge in [0, 0.05) is 25.8 Å². The second-order valence-corrected chi connectivity index (χ2v) is 7.00. The van der Waals surface area contributed by atoms with Crippen molar-refractivity contribution in [3.05, 3.63) is 28.8 Å². The molecule has 20 heavy (non-hydrogen) atoms. The number of sulfonamides is 1. The summed E-state index contributed by atoms with van der Waals surface area (Å²) in [5.74, 6) is 0.0484. The highest BCUT2D eigenvalue weighted by atomic mass is 35.5. The van der Waals surface area contributed by atoms with E-state index in [4.69, 9.17) is 34.3 Å². The molecule has 0 fully saturated rings. The van der Waals surface area contributed by atoms with Crippen LogP contribution < -0.4 is 10.5 Å². The number of benzene rings is 1. The van der Waals surface area contributed by atoms with E-state index in [1.807, 2.05) is 6.92 Å². The Labute approximate surface area is 129 Å². The maximum absolute atomic E-state index is 12.2. The summed E-state index contributed by atoms with van der Waals surface area (Å²) in [4.78, 5) is 0.0833. The number of rotatable bonds is 7. The van der Waals surface area contributed by atoms with Crippen LogP contribution in [-0.4, -0.2) is 33.7 Å². The van der Waals surface area contributed by atoms with Gasteiger partial charge in [-0.25, -0.2) is 13.1 Å². The zero-order valence-corrected chi connectivity index (χ0v) is 13.6. The Hall–Kier alpha value is -0.730. The van der Waals surface area contributed by atoms with E-state index in [-0.39, 0.29) is 27.4 Å². The highest BCUT2D eigenvalue weighted by Crippen LogP contribution is 2.22. The molecule has 1 rings (SSSR count). The molecule has 0 aliphatic rings. The second kappa shape index (κ2) is 7.33. The molecular weight excluding hydrogens is 320 g/mol. The Morgan fingerprint density at radius 1 is 1.55 bits per heavy atom. The van der Waals surface area contributed by atoms with Gasteiger partial charge in [-0.15, -0.1) is 0 Å². The van der Waals surface area contributed by atoms with Gasteiger partial charge >= 0.3 is 0 Å². The topological polar surface area (TPSA) is 81.4 Å². The molecular formula is C12H17ClN2O3S2. The Kier molecular flexibility index (Phi) is 6.35. The number of nitrogens with one attached hydrogen (secondary N) is 1. The van der Waals surface area contributed by atoms with Crippen LogP contribution in [0.4, 0.5) is 0 Å². The lowest BCUT2D eigenvalue weighted by molar-refractivity contribution is 0.161. The number of halogens is 1. The molecule has 0 aromatic heterocycles. The molecule has 8 heteroatoms. The third-order valence-corrected chi connectivity index (χ3v) is 4.72. The SMILES string of the molecule is COCC(C)CNS(=O)(=O)c1cc(C(N)=S)ccc1Cl. The minimum absolute atomic E-state index is 0.0333. The first-order valence-corrected chi connectivity index (χ1v) is 8.13. The fraction of sp³-hybridized carbons (Fsp3) is 0.417. The molecule has 1 unspecified atom stereocenters. The summed E-state index contributed by atoms with van der Waals surface area (Å²) in [5, 5.41) is 0.122. The van der Waals surface area contributed by atoms with E-state index in [2.05, 4.69) is 4.72 Å². The van der Waals surface area contributed by atoms with E-state index in [0.29, 0.717) is 12.2 Å². The van der Waals surface area contributed by atoms with Gasteiger partial charge in [0.15, 0.2) is 0 Å². The highest BCUT2D eigenvalue weighted by molar-refractivity contribution is 7.89. The number of methoxy groups -OCH3 is 1. The van der Waals surface area contributed by atoms with Gasteiger partial charge in [-0.3, -0.25) is 0 Å². The predicted molar refractivity (Wildman–Crippen MR) is 83.6 cm³/mol. The van der Waals surface area contributed by atoms with Crippen LogP contribution in [0.15, 0.2) is 23.1 Å². The molecule has 0 radical (unpaired) electrons. The first-order valence-electron chi connectivity index (χ1n) is 5.86. The van der Waals surface area contributed by atoms with Crippen molar-refractivity contribution in [2.24, 2.45) is 11.7 Å². The molecule has 112 valence electrons. The Morgan fingerprint density at radius 3 is 2.75 bits per heavy atom. The van der Waals surface area contributed by atoms with Crippen LogP contribution in [0.1, 0.15) is 12.5 Å². The average molecular weight is 337 g/mol. The summed E-state index contributed by atoms with van der Waals surface area (Å²) < 4.78 is 31.9. The van der Waals surface area contributed by atoms with Crippen molar-refractivity contribution in [3.8, 4) is 0 Å². The molecule has 0 saturated heterocycles. The molecule has 0 heterocycles. The minimum Gasteiger partial charge on any atom is -0.389 e. The number of hydrogen-bond acceptors (Lipinski definition) is 4. The standard InChI is InChI=1S/C12H17ClN2O3S2/c1-8(7-18-2)6-15-20(16,17)11-5-9(12(14)19)3-4-10(11)13/h3-5,8,15H,6-7H2,1-2H3,(H2,14,19). The molecule has 0 aliphatic carbocycles. The van der Waals surface area contributed by atoms with Crippen molar-refractivity contribution in [1.29, 1.82) is 0 Å². The molecule has 0 spiro atoms. The summed E-state index contributed by atoms with van der Waals surface area (Å²) >= 11 is 10.8. The van der Waals surface area contributed by atoms with Crippen molar-refractivity contribution in [2.45, 2.75) is 11.8 Å². The highest BCUT2D eigenvalue weighted by Gasteiger charge is 2.19. The van der Waals surface area contributed by atoms with E-state index in [0.717, 1.165) is 0 Å². The molecule has 1 aromatic rings. The Bertz CT molecular complexity index is 590. The first kappa shape index (κ1) is 17.3. The molecule has 0 amide bonds. The first-order chi connectivity index (χ1) is 9.27. The monoisotopic (exact) mass is 336 g/mol. The lowest BCUT2D eigenvalue weighted by Crippen LogP contribution is -2.30. The van der Waals surface area contributed by atoms with Crippen LogP contribution in [0.3, 0.4) is 0 Å². The fourth-order valence-electron chi connectivity index (χ4n) is 1.54. The number of thiocarbonyl (C=S) groups is 1. The molecule has 0 saturated carbocycles. The van der Waals surface area contributed by atoms with Gasteiger partial charge in [-0.1, -0.05) is 36.8 Å². The number of hydrogen-bond donors (Lipinski definition) is 2. The lowest BCUT2D eigenvalue weighted by atomic mass is 10.2. The van der Waals surface area contributed by atoms with Crippen molar-refractivity contribution < 1.29 is 13.2 Å². The number of ether oxygens (including phenoxy) is 1. The van der Waals surface area contributed by atoms with Crippen molar-refractivity contribution >= 4 is 38.8 Å². The molecule has 1 atom stereocenters. The van der Waals surface area contributed by atoms with Gasteiger partial charge in [0.25, 0.3) is 0 Å². The predicted octanol–water partition coefficient (Wildman–Crippen LogP) is 1.54. The average Bonchev–Trinajstić information content (AvgIpc) is 2.37. The van der Waals surface area contributed by atoms with E-state index in [1.54, 1.807) is 13.2 Å². The van der Waals surface area contributed by atoms with Crippen molar-refractivity contribution in [2.75, 3.05) is 20.3 Å². The van der Waals surface area contributed by atoms with Crippen LogP contribution in [0.5, 0.6) is 0 Å².